The van der Waals surface area contributed by atoms with Crippen LogP contribution in [0.3, 0.4) is 0 Å². The average molecular weight is 242 g/mol. The Bertz CT molecular complexity index is 477. The molecule has 0 unspecified atom stereocenters. The van der Waals surface area contributed by atoms with E-state index in [0.717, 1.165) is 0 Å². The van der Waals surface area contributed by atoms with Gasteiger partial charge in [0.25, 0.3) is 5.69 Å². The van der Waals surface area contributed by atoms with E-state index in [1.54, 1.807) is 12.1 Å². The van der Waals surface area contributed by atoms with Gasteiger partial charge >= 0.3 is 0 Å². The minimum Gasteiger partial charge on any atom is -0.463 e. The van der Waals surface area contributed by atoms with E-state index in [0.29, 0.717) is 15.4 Å². The molecule has 2 rings (SSSR count). The highest BCUT2D eigenvalue weighted by Gasteiger charge is 2.16. The second kappa shape index (κ2) is 2.85. The van der Waals surface area contributed by atoms with Crippen LogP contribution in [-0.4, -0.2) is 4.92 Å². The monoisotopic (exact) mass is 241 g/mol. The van der Waals surface area contributed by atoms with Gasteiger partial charge in [0.2, 0.25) is 0 Å². The van der Waals surface area contributed by atoms with Crippen LogP contribution in [0, 0.1) is 10.1 Å². The molecule has 0 spiro atoms. The second-order valence-electron chi connectivity index (χ2n) is 2.49. The Balaban J connectivity index is 2.88. The van der Waals surface area contributed by atoms with Gasteiger partial charge < -0.3 is 4.42 Å². The maximum Gasteiger partial charge on any atom is 0.281 e. The van der Waals surface area contributed by atoms with E-state index < -0.39 is 4.92 Å². The van der Waals surface area contributed by atoms with Crippen molar-refractivity contribution in [3.63, 3.8) is 0 Å². The highest BCUT2D eigenvalue weighted by molar-refractivity contribution is 9.10. The standard InChI is InChI=1S/C8H4BrNO3/c9-5-4-13-7-3-1-2-6(8(5)7)10(11)12/h1-4H. The summed E-state index contributed by atoms with van der Waals surface area (Å²) in [6.45, 7) is 0. The quantitative estimate of drug-likeness (QED) is 0.570. The largest absolute Gasteiger partial charge is 0.463 e. The summed E-state index contributed by atoms with van der Waals surface area (Å²) >= 11 is 3.19. The molecule has 1 heterocycles. The first-order chi connectivity index (χ1) is 6.20. The summed E-state index contributed by atoms with van der Waals surface area (Å²) in [4.78, 5) is 10.2. The van der Waals surface area contributed by atoms with Crippen LogP contribution < -0.4 is 0 Å². The fourth-order valence-electron chi connectivity index (χ4n) is 1.18. The molecule has 0 atom stereocenters. The maximum atomic E-state index is 10.6. The van der Waals surface area contributed by atoms with E-state index >= 15 is 0 Å². The van der Waals surface area contributed by atoms with Crippen LogP contribution in [0.25, 0.3) is 11.0 Å². The Labute approximate surface area is 81.4 Å². The summed E-state index contributed by atoms with van der Waals surface area (Å²) in [5.74, 6) is 0. The number of rotatable bonds is 1. The van der Waals surface area contributed by atoms with E-state index in [9.17, 15) is 10.1 Å². The van der Waals surface area contributed by atoms with Gasteiger partial charge in [-0.1, -0.05) is 6.07 Å². The van der Waals surface area contributed by atoms with Gasteiger partial charge in [-0.3, -0.25) is 10.1 Å². The molecule has 0 N–H and O–H groups in total. The Hall–Kier alpha value is -1.36. The number of hydrogen-bond donors (Lipinski definition) is 0. The second-order valence-corrected chi connectivity index (χ2v) is 3.35. The number of fused-ring (bicyclic) bond motifs is 1. The molecule has 0 fully saturated rings. The number of benzene rings is 1. The molecule has 0 radical (unpaired) electrons. The fourth-order valence-corrected chi connectivity index (χ4v) is 1.68. The van der Waals surface area contributed by atoms with Crippen LogP contribution in [-0.2, 0) is 0 Å². The van der Waals surface area contributed by atoms with Crippen LogP contribution in [0.5, 0.6) is 0 Å². The van der Waals surface area contributed by atoms with Crippen LogP contribution in [0.15, 0.2) is 33.4 Å². The summed E-state index contributed by atoms with van der Waals surface area (Å²) in [6, 6.07) is 4.73. The number of furan rings is 1. The molecule has 0 saturated carbocycles. The van der Waals surface area contributed by atoms with Crippen molar-refractivity contribution >= 4 is 32.6 Å². The van der Waals surface area contributed by atoms with Crippen molar-refractivity contribution < 1.29 is 9.34 Å². The molecule has 0 bridgehead atoms. The number of nitrogens with zero attached hydrogens (tertiary/aromatic N) is 1. The summed E-state index contributed by atoms with van der Waals surface area (Å²) in [5, 5.41) is 11.1. The predicted octanol–water partition coefficient (Wildman–Crippen LogP) is 3.10. The van der Waals surface area contributed by atoms with E-state index in [2.05, 4.69) is 15.9 Å². The Morgan fingerprint density at radius 3 is 2.92 bits per heavy atom. The molecule has 1 aromatic carbocycles. The highest BCUT2D eigenvalue weighted by atomic mass is 79.9. The lowest BCUT2D eigenvalue weighted by atomic mass is 10.2. The minimum absolute atomic E-state index is 0.0538. The van der Waals surface area contributed by atoms with Crippen LogP contribution in [0.1, 0.15) is 0 Å². The molecule has 2 aromatic rings. The first-order valence-electron chi connectivity index (χ1n) is 3.50. The lowest BCUT2D eigenvalue weighted by Crippen LogP contribution is -1.87. The van der Waals surface area contributed by atoms with Gasteiger partial charge in [0.1, 0.15) is 17.2 Å². The number of nitro groups is 1. The van der Waals surface area contributed by atoms with E-state index in [1.807, 2.05) is 0 Å². The predicted molar refractivity (Wildman–Crippen MR) is 50.6 cm³/mol. The smallest absolute Gasteiger partial charge is 0.281 e. The van der Waals surface area contributed by atoms with Crippen molar-refractivity contribution in [1.82, 2.24) is 0 Å². The van der Waals surface area contributed by atoms with E-state index in [4.69, 9.17) is 4.42 Å². The maximum absolute atomic E-state index is 10.6. The van der Waals surface area contributed by atoms with Crippen LogP contribution >= 0.6 is 15.9 Å². The van der Waals surface area contributed by atoms with Gasteiger partial charge in [0.15, 0.2) is 0 Å². The number of hydrogen-bond acceptors (Lipinski definition) is 3. The number of nitro benzene ring substituents is 1. The van der Waals surface area contributed by atoms with Crippen molar-refractivity contribution in [3.8, 4) is 0 Å². The Morgan fingerprint density at radius 1 is 1.46 bits per heavy atom. The molecule has 66 valence electrons. The average Bonchev–Trinajstić information content (AvgIpc) is 2.48. The lowest BCUT2D eigenvalue weighted by Gasteiger charge is -1.92. The molecule has 1 aromatic heterocycles. The van der Waals surface area contributed by atoms with Crippen molar-refractivity contribution in [1.29, 1.82) is 0 Å². The molecule has 0 aliphatic heterocycles. The van der Waals surface area contributed by atoms with Crippen molar-refractivity contribution in [3.05, 3.63) is 39.0 Å². The van der Waals surface area contributed by atoms with Gasteiger partial charge in [0.05, 0.1) is 9.40 Å². The van der Waals surface area contributed by atoms with Crippen molar-refractivity contribution in [2.75, 3.05) is 0 Å². The molecule has 5 heteroatoms. The van der Waals surface area contributed by atoms with Gasteiger partial charge in [-0.2, -0.15) is 0 Å². The third kappa shape index (κ3) is 1.21. The van der Waals surface area contributed by atoms with Gasteiger partial charge in [0, 0.05) is 6.07 Å². The molecular weight excluding hydrogens is 238 g/mol. The zero-order chi connectivity index (χ0) is 9.42. The number of halogens is 1. The topological polar surface area (TPSA) is 56.3 Å². The third-order valence-corrected chi connectivity index (χ3v) is 2.31. The zero-order valence-electron chi connectivity index (χ0n) is 6.36. The van der Waals surface area contributed by atoms with Crippen molar-refractivity contribution in [2.24, 2.45) is 0 Å². The lowest BCUT2D eigenvalue weighted by molar-refractivity contribution is -0.383. The van der Waals surface area contributed by atoms with Crippen LogP contribution in [0.2, 0.25) is 0 Å². The van der Waals surface area contributed by atoms with Gasteiger partial charge in [-0.25, -0.2) is 0 Å². The summed E-state index contributed by atoms with van der Waals surface area (Å²) in [5.41, 5.74) is 0.569. The molecule has 0 amide bonds. The van der Waals surface area contributed by atoms with Crippen molar-refractivity contribution in [2.45, 2.75) is 0 Å². The fraction of sp³-hybridized carbons (Fsp3) is 0. The SMILES string of the molecule is O=[N+]([O-])c1cccc2occ(Br)c12. The van der Waals surface area contributed by atoms with E-state index in [1.165, 1.54) is 12.3 Å². The van der Waals surface area contributed by atoms with Gasteiger partial charge in [-0.05, 0) is 22.0 Å². The highest BCUT2D eigenvalue weighted by Crippen LogP contribution is 2.33. The third-order valence-electron chi connectivity index (χ3n) is 1.73. The number of non-ortho nitro benzene ring substituents is 1. The summed E-state index contributed by atoms with van der Waals surface area (Å²) in [7, 11) is 0. The Kier molecular flexibility index (Phi) is 1.81. The Morgan fingerprint density at radius 2 is 2.23 bits per heavy atom. The molecule has 13 heavy (non-hydrogen) atoms. The molecular formula is C8H4BrNO3. The van der Waals surface area contributed by atoms with Crippen LogP contribution in [0.4, 0.5) is 5.69 Å². The first kappa shape index (κ1) is 8.25. The summed E-state index contributed by atoms with van der Waals surface area (Å²) < 4.78 is 5.69. The molecule has 0 aliphatic carbocycles. The minimum atomic E-state index is -0.428. The van der Waals surface area contributed by atoms with E-state index in [-0.39, 0.29) is 5.69 Å². The molecule has 0 aliphatic rings. The molecule has 0 saturated heterocycles. The zero-order valence-corrected chi connectivity index (χ0v) is 7.95. The first-order valence-corrected chi connectivity index (χ1v) is 4.29. The summed E-state index contributed by atoms with van der Waals surface area (Å²) in [6.07, 6.45) is 1.44. The normalized spacial score (nSPS) is 10.5. The molecule has 4 nitrogen and oxygen atoms in total. The van der Waals surface area contributed by atoms with Gasteiger partial charge in [-0.15, -0.1) is 0 Å².